The van der Waals surface area contributed by atoms with Crippen LogP contribution in [0.2, 0.25) is 0 Å². The van der Waals surface area contributed by atoms with Gasteiger partial charge in [0.1, 0.15) is 18.4 Å². The number of nitrogens with one attached hydrogen (secondary N) is 2. The van der Waals surface area contributed by atoms with Gasteiger partial charge in [0.25, 0.3) is 5.91 Å². The first-order valence-corrected chi connectivity index (χ1v) is 9.75. The monoisotopic (exact) mass is 387 g/mol. The van der Waals surface area contributed by atoms with Gasteiger partial charge in [-0.25, -0.2) is 0 Å². The maximum absolute atomic E-state index is 12.6. The van der Waals surface area contributed by atoms with Gasteiger partial charge in [0.05, 0.1) is 11.7 Å². The molecule has 5 rings (SSSR count). The van der Waals surface area contributed by atoms with Crippen molar-refractivity contribution in [3.63, 3.8) is 0 Å². The molecule has 0 saturated heterocycles. The highest BCUT2D eigenvalue weighted by atomic mass is 16.5. The van der Waals surface area contributed by atoms with Crippen molar-refractivity contribution in [1.82, 2.24) is 25.1 Å². The molecular formula is C22H21N5O2. The van der Waals surface area contributed by atoms with E-state index in [1.807, 2.05) is 30.3 Å². The van der Waals surface area contributed by atoms with Crippen LogP contribution in [-0.4, -0.2) is 32.3 Å². The van der Waals surface area contributed by atoms with E-state index in [-0.39, 0.29) is 18.6 Å². The number of carbonyl (C=O) groups is 1. The van der Waals surface area contributed by atoms with Gasteiger partial charge in [0, 0.05) is 16.6 Å². The molecule has 1 amide bonds. The van der Waals surface area contributed by atoms with Crippen molar-refractivity contribution in [3.8, 4) is 11.4 Å². The number of aryl methyl sites for hydroxylation is 1. The number of nitrogens with zero attached hydrogens (tertiary/aromatic N) is 3. The molecule has 0 radical (unpaired) electrons. The Hall–Kier alpha value is -3.61. The van der Waals surface area contributed by atoms with E-state index in [0.29, 0.717) is 5.75 Å². The van der Waals surface area contributed by atoms with Gasteiger partial charge >= 0.3 is 0 Å². The fourth-order valence-electron chi connectivity index (χ4n) is 4.06. The van der Waals surface area contributed by atoms with Crippen molar-refractivity contribution in [1.29, 1.82) is 0 Å². The zero-order chi connectivity index (χ0) is 19.6. The number of hydrogen-bond donors (Lipinski definition) is 2. The summed E-state index contributed by atoms with van der Waals surface area (Å²) in [7, 11) is 0. The molecule has 0 saturated carbocycles. The van der Waals surface area contributed by atoms with Crippen molar-refractivity contribution >= 4 is 16.8 Å². The Labute approximate surface area is 167 Å². The lowest BCUT2D eigenvalue weighted by molar-refractivity contribution is -0.124. The number of fused-ring (bicyclic) bond motifs is 3. The van der Waals surface area contributed by atoms with Crippen LogP contribution in [0.25, 0.3) is 16.6 Å². The zero-order valence-electron chi connectivity index (χ0n) is 15.8. The molecule has 7 nitrogen and oxygen atoms in total. The first kappa shape index (κ1) is 17.5. The molecule has 0 spiro atoms. The SMILES string of the molecule is O=C(COc1ccccc1-n1cnnc1)NC1CCCc2c1[nH]c1ccccc21. The van der Waals surface area contributed by atoms with Gasteiger partial charge in [0.15, 0.2) is 6.61 Å². The van der Waals surface area contributed by atoms with Gasteiger partial charge in [-0.1, -0.05) is 30.3 Å². The number of aromatic nitrogens is 4. The highest BCUT2D eigenvalue weighted by Crippen LogP contribution is 2.34. The van der Waals surface area contributed by atoms with Crippen molar-refractivity contribution in [2.45, 2.75) is 25.3 Å². The van der Waals surface area contributed by atoms with Gasteiger partial charge in [-0.3, -0.25) is 9.36 Å². The van der Waals surface area contributed by atoms with E-state index < -0.39 is 0 Å². The Morgan fingerprint density at radius 3 is 2.83 bits per heavy atom. The van der Waals surface area contributed by atoms with E-state index >= 15 is 0 Å². The molecule has 1 unspecified atom stereocenters. The first-order chi connectivity index (χ1) is 14.3. The smallest absolute Gasteiger partial charge is 0.258 e. The molecule has 146 valence electrons. The van der Waals surface area contributed by atoms with Gasteiger partial charge < -0.3 is 15.0 Å². The summed E-state index contributed by atoms with van der Waals surface area (Å²) in [5.41, 5.74) is 4.35. The minimum atomic E-state index is -0.139. The van der Waals surface area contributed by atoms with E-state index in [4.69, 9.17) is 4.74 Å². The molecule has 0 fully saturated rings. The standard InChI is InChI=1S/C22H21N5O2/c28-21(12-29-20-11-4-3-10-19(20)27-13-23-24-14-27)25-18-9-5-7-16-15-6-1-2-8-17(15)26-22(16)18/h1-4,6,8,10-11,13-14,18,26H,5,7,9,12H2,(H,25,28). The molecule has 2 heterocycles. The summed E-state index contributed by atoms with van der Waals surface area (Å²) in [6, 6.07) is 15.8. The summed E-state index contributed by atoms with van der Waals surface area (Å²) in [6.45, 7) is -0.0504. The van der Waals surface area contributed by atoms with Crippen LogP contribution in [0.1, 0.15) is 30.1 Å². The van der Waals surface area contributed by atoms with Gasteiger partial charge in [-0.15, -0.1) is 10.2 Å². The number of benzene rings is 2. The van der Waals surface area contributed by atoms with Crippen molar-refractivity contribution in [2.24, 2.45) is 0 Å². The van der Waals surface area contributed by atoms with Crippen LogP contribution in [-0.2, 0) is 11.2 Å². The highest BCUT2D eigenvalue weighted by Gasteiger charge is 2.25. The van der Waals surface area contributed by atoms with Crippen LogP contribution in [0.15, 0.2) is 61.2 Å². The van der Waals surface area contributed by atoms with Gasteiger partial charge in [-0.2, -0.15) is 0 Å². The first-order valence-electron chi connectivity index (χ1n) is 9.75. The van der Waals surface area contributed by atoms with E-state index in [0.717, 1.165) is 36.2 Å². The molecule has 2 aromatic carbocycles. The topological polar surface area (TPSA) is 84.8 Å². The second kappa shape index (κ2) is 7.43. The Kier molecular flexibility index (Phi) is 4.48. The molecule has 1 atom stereocenters. The second-order valence-electron chi connectivity index (χ2n) is 7.20. The molecular weight excluding hydrogens is 366 g/mol. The molecule has 0 bridgehead atoms. The predicted molar refractivity (Wildman–Crippen MR) is 109 cm³/mol. The van der Waals surface area contributed by atoms with Crippen LogP contribution in [0.4, 0.5) is 0 Å². The fourth-order valence-corrected chi connectivity index (χ4v) is 4.06. The number of ether oxygens (including phenoxy) is 1. The van der Waals surface area contributed by atoms with Crippen molar-refractivity contribution in [2.75, 3.05) is 6.61 Å². The van der Waals surface area contributed by atoms with Gasteiger partial charge in [-0.05, 0) is 43.0 Å². The number of H-pyrrole nitrogens is 1. The van der Waals surface area contributed by atoms with E-state index in [1.165, 1.54) is 10.9 Å². The van der Waals surface area contributed by atoms with Crippen molar-refractivity contribution < 1.29 is 9.53 Å². The number of para-hydroxylation sites is 3. The fraction of sp³-hybridized carbons (Fsp3) is 0.227. The number of amides is 1. The molecule has 2 aromatic heterocycles. The summed E-state index contributed by atoms with van der Waals surface area (Å²) in [4.78, 5) is 16.1. The lowest BCUT2D eigenvalue weighted by Crippen LogP contribution is -2.34. The maximum atomic E-state index is 12.6. The molecule has 1 aliphatic rings. The molecule has 4 aromatic rings. The second-order valence-corrected chi connectivity index (χ2v) is 7.20. The summed E-state index contributed by atoms with van der Waals surface area (Å²) in [6.07, 6.45) is 6.21. The van der Waals surface area contributed by atoms with E-state index in [9.17, 15) is 4.79 Å². The average molecular weight is 387 g/mol. The van der Waals surface area contributed by atoms with Crippen LogP contribution >= 0.6 is 0 Å². The average Bonchev–Trinajstić information content (AvgIpc) is 3.41. The maximum Gasteiger partial charge on any atom is 0.258 e. The summed E-state index contributed by atoms with van der Waals surface area (Å²) >= 11 is 0. The number of aromatic amines is 1. The summed E-state index contributed by atoms with van der Waals surface area (Å²) in [5, 5.41) is 12.0. The van der Waals surface area contributed by atoms with E-state index in [1.54, 1.807) is 17.2 Å². The minimum Gasteiger partial charge on any atom is -0.482 e. The Morgan fingerprint density at radius 1 is 1.14 bits per heavy atom. The minimum absolute atomic E-state index is 0.0182. The highest BCUT2D eigenvalue weighted by molar-refractivity contribution is 5.85. The third-order valence-electron chi connectivity index (χ3n) is 5.37. The molecule has 1 aliphatic carbocycles. The predicted octanol–water partition coefficient (Wildman–Crippen LogP) is 3.32. The summed E-state index contributed by atoms with van der Waals surface area (Å²) < 4.78 is 7.57. The summed E-state index contributed by atoms with van der Waals surface area (Å²) in [5.74, 6) is 0.470. The normalized spacial score (nSPS) is 15.8. The quantitative estimate of drug-likeness (QED) is 0.550. The molecule has 7 heteroatoms. The van der Waals surface area contributed by atoms with Crippen LogP contribution in [0.5, 0.6) is 5.75 Å². The Bertz CT molecular complexity index is 1150. The number of rotatable bonds is 5. The molecule has 2 N–H and O–H groups in total. The van der Waals surface area contributed by atoms with Crippen LogP contribution in [0.3, 0.4) is 0 Å². The zero-order valence-corrected chi connectivity index (χ0v) is 15.8. The third-order valence-corrected chi connectivity index (χ3v) is 5.37. The molecule has 0 aliphatic heterocycles. The van der Waals surface area contributed by atoms with Crippen molar-refractivity contribution in [3.05, 3.63) is 72.4 Å². The molecule has 29 heavy (non-hydrogen) atoms. The third kappa shape index (κ3) is 3.35. The number of carbonyl (C=O) groups excluding carboxylic acids is 1. The van der Waals surface area contributed by atoms with Gasteiger partial charge in [0.2, 0.25) is 0 Å². The van der Waals surface area contributed by atoms with Crippen LogP contribution < -0.4 is 10.1 Å². The number of hydrogen-bond acceptors (Lipinski definition) is 4. The lowest BCUT2D eigenvalue weighted by Gasteiger charge is -2.24. The van der Waals surface area contributed by atoms with E-state index in [2.05, 4.69) is 38.7 Å². The Balaban J connectivity index is 1.30. The lowest BCUT2D eigenvalue weighted by atomic mass is 9.91. The van der Waals surface area contributed by atoms with Crippen LogP contribution in [0, 0.1) is 0 Å². The largest absolute Gasteiger partial charge is 0.482 e. The Morgan fingerprint density at radius 2 is 1.93 bits per heavy atom.